The first kappa shape index (κ1) is 10.0. The molecule has 0 atom stereocenters. The Balaban J connectivity index is 4.43. The molecule has 0 aliphatic carbocycles. The van der Waals surface area contributed by atoms with E-state index in [1.54, 1.807) is 0 Å². The van der Waals surface area contributed by atoms with Crippen molar-refractivity contribution in [3.05, 3.63) is 41.2 Å². The van der Waals surface area contributed by atoms with Gasteiger partial charge in [0.1, 0.15) is 0 Å². The molecule has 0 saturated carbocycles. The van der Waals surface area contributed by atoms with Gasteiger partial charge in [0.25, 0.3) is 0 Å². The molecule has 0 amide bonds. The fourth-order valence-corrected chi connectivity index (χ4v) is 0.922. The summed E-state index contributed by atoms with van der Waals surface area (Å²) in [6, 6.07) is 0. The lowest BCUT2D eigenvalue weighted by Crippen LogP contribution is -1.69. The lowest BCUT2D eigenvalue weighted by Gasteiger charge is -1.89. The first-order valence-corrected chi connectivity index (χ1v) is 3.89. The van der Waals surface area contributed by atoms with Gasteiger partial charge in [-0.15, -0.1) is 5.73 Å². The van der Waals surface area contributed by atoms with Gasteiger partial charge in [-0.1, -0.05) is 17.7 Å². The molecular weight excluding hydrogens is 132 g/mol. The Labute approximate surface area is 69.6 Å². The Morgan fingerprint density at radius 1 is 1.18 bits per heavy atom. The summed E-state index contributed by atoms with van der Waals surface area (Å²) in [7, 11) is 0. The Kier molecular flexibility index (Phi) is 5.24. The maximum atomic E-state index is 3.12. The van der Waals surface area contributed by atoms with E-state index >= 15 is 0 Å². The highest BCUT2D eigenvalue weighted by Crippen LogP contribution is 2.00. The molecule has 0 aromatic carbocycles. The molecule has 60 valence electrons. The molecule has 0 heterocycles. The van der Waals surface area contributed by atoms with Crippen LogP contribution in [0.3, 0.4) is 0 Å². The van der Waals surface area contributed by atoms with Crippen molar-refractivity contribution in [2.75, 3.05) is 0 Å². The molecule has 0 rings (SSSR count). The molecule has 0 radical (unpaired) electrons. The summed E-state index contributed by atoms with van der Waals surface area (Å²) < 4.78 is 0. The SMILES string of the molecule is CC=C=C(C)C=C(C)C=CC. The summed E-state index contributed by atoms with van der Waals surface area (Å²) in [4.78, 5) is 0. The van der Waals surface area contributed by atoms with Gasteiger partial charge in [-0.2, -0.15) is 0 Å². The zero-order valence-corrected chi connectivity index (χ0v) is 7.81. The quantitative estimate of drug-likeness (QED) is 0.414. The van der Waals surface area contributed by atoms with Crippen molar-refractivity contribution >= 4 is 0 Å². The van der Waals surface area contributed by atoms with Crippen LogP contribution in [-0.4, -0.2) is 0 Å². The van der Waals surface area contributed by atoms with Crippen molar-refractivity contribution in [3.8, 4) is 0 Å². The molecule has 0 aliphatic heterocycles. The standard InChI is InChI=1S/C11H16/c1-5-7-10(3)9-11(4)8-6-2/h5-7,9H,1-4H3. The highest BCUT2D eigenvalue weighted by atomic mass is 13.9. The zero-order valence-electron chi connectivity index (χ0n) is 7.81. The van der Waals surface area contributed by atoms with Gasteiger partial charge in [0.2, 0.25) is 0 Å². The van der Waals surface area contributed by atoms with Crippen LogP contribution in [0.2, 0.25) is 0 Å². The molecular formula is C11H16. The van der Waals surface area contributed by atoms with Crippen LogP contribution in [0.15, 0.2) is 41.2 Å². The Hall–Kier alpha value is -1.00. The van der Waals surface area contributed by atoms with Crippen LogP contribution in [-0.2, 0) is 0 Å². The topological polar surface area (TPSA) is 0 Å². The first-order valence-electron chi connectivity index (χ1n) is 3.89. The fraction of sp³-hybridized carbons (Fsp3) is 0.364. The van der Waals surface area contributed by atoms with Gasteiger partial charge >= 0.3 is 0 Å². The van der Waals surface area contributed by atoms with Gasteiger partial charge in [0.15, 0.2) is 0 Å². The monoisotopic (exact) mass is 148 g/mol. The summed E-state index contributed by atoms with van der Waals surface area (Å²) in [5.41, 5.74) is 5.55. The normalized spacial score (nSPS) is 11.5. The molecule has 0 aromatic heterocycles. The summed E-state index contributed by atoms with van der Waals surface area (Å²) in [5.74, 6) is 0. The number of hydrogen-bond acceptors (Lipinski definition) is 0. The molecule has 0 aromatic rings. The predicted molar refractivity (Wildman–Crippen MR) is 51.5 cm³/mol. The lowest BCUT2D eigenvalue weighted by atomic mass is 10.2. The number of allylic oxidation sites excluding steroid dienone is 5. The van der Waals surface area contributed by atoms with Crippen LogP contribution >= 0.6 is 0 Å². The zero-order chi connectivity index (χ0) is 8.69. The minimum absolute atomic E-state index is 1.17. The summed E-state index contributed by atoms with van der Waals surface area (Å²) in [5, 5.41) is 0. The van der Waals surface area contributed by atoms with E-state index < -0.39 is 0 Å². The van der Waals surface area contributed by atoms with Crippen molar-refractivity contribution in [1.29, 1.82) is 0 Å². The molecule has 11 heavy (non-hydrogen) atoms. The number of rotatable bonds is 2. The molecule has 0 heteroatoms. The van der Waals surface area contributed by atoms with Crippen molar-refractivity contribution in [3.63, 3.8) is 0 Å². The van der Waals surface area contributed by atoms with E-state index in [1.807, 2.05) is 32.9 Å². The smallest absolute Gasteiger partial charge is 0.00922 e. The van der Waals surface area contributed by atoms with Crippen molar-refractivity contribution in [2.24, 2.45) is 0 Å². The van der Waals surface area contributed by atoms with E-state index in [4.69, 9.17) is 0 Å². The Bertz CT molecular complexity index is 220. The molecule has 0 bridgehead atoms. The second-order valence-electron chi connectivity index (χ2n) is 2.50. The van der Waals surface area contributed by atoms with Crippen molar-refractivity contribution in [2.45, 2.75) is 27.7 Å². The van der Waals surface area contributed by atoms with E-state index in [2.05, 4.69) is 24.8 Å². The van der Waals surface area contributed by atoms with Crippen LogP contribution in [0.25, 0.3) is 0 Å². The van der Waals surface area contributed by atoms with Gasteiger partial charge in [-0.05, 0) is 45.4 Å². The maximum Gasteiger partial charge on any atom is -0.00922 e. The van der Waals surface area contributed by atoms with E-state index in [1.165, 1.54) is 11.1 Å². The minimum atomic E-state index is 1.17. The maximum absolute atomic E-state index is 3.12. The predicted octanol–water partition coefficient (Wildman–Crippen LogP) is 3.63. The highest BCUT2D eigenvalue weighted by molar-refractivity contribution is 5.26. The summed E-state index contributed by atoms with van der Waals surface area (Å²) in [6.07, 6.45) is 8.16. The van der Waals surface area contributed by atoms with Gasteiger partial charge in [-0.3, -0.25) is 0 Å². The molecule has 0 unspecified atom stereocenters. The molecule has 0 N–H and O–H groups in total. The van der Waals surface area contributed by atoms with Crippen LogP contribution in [0, 0.1) is 0 Å². The Morgan fingerprint density at radius 2 is 1.82 bits per heavy atom. The van der Waals surface area contributed by atoms with Crippen molar-refractivity contribution in [1.82, 2.24) is 0 Å². The molecule has 0 spiro atoms. The highest BCUT2D eigenvalue weighted by Gasteiger charge is 1.81. The summed E-state index contributed by atoms with van der Waals surface area (Å²) in [6.45, 7) is 8.13. The third kappa shape index (κ3) is 5.44. The third-order valence-corrected chi connectivity index (χ3v) is 1.25. The van der Waals surface area contributed by atoms with Gasteiger partial charge < -0.3 is 0 Å². The van der Waals surface area contributed by atoms with Crippen LogP contribution in [0.4, 0.5) is 0 Å². The average Bonchev–Trinajstić information content (AvgIpc) is 1.87. The molecule has 0 aliphatic rings. The second kappa shape index (κ2) is 5.76. The fourth-order valence-electron chi connectivity index (χ4n) is 0.922. The van der Waals surface area contributed by atoms with Crippen LogP contribution < -0.4 is 0 Å². The van der Waals surface area contributed by atoms with E-state index in [0.29, 0.717) is 0 Å². The lowest BCUT2D eigenvalue weighted by molar-refractivity contribution is 1.43. The molecule has 0 saturated heterocycles. The third-order valence-electron chi connectivity index (χ3n) is 1.25. The summed E-state index contributed by atoms with van der Waals surface area (Å²) >= 11 is 0. The van der Waals surface area contributed by atoms with Crippen LogP contribution in [0.1, 0.15) is 27.7 Å². The second-order valence-corrected chi connectivity index (χ2v) is 2.50. The van der Waals surface area contributed by atoms with Gasteiger partial charge in [0, 0.05) is 0 Å². The largest absolute Gasteiger partial charge is 0.122 e. The van der Waals surface area contributed by atoms with E-state index in [0.717, 1.165) is 0 Å². The van der Waals surface area contributed by atoms with Gasteiger partial charge in [-0.25, -0.2) is 0 Å². The molecule has 0 nitrogen and oxygen atoms in total. The van der Waals surface area contributed by atoms with Crippen molar-refractivity contribution < 1.29 is 0 Å². The van der Waals surface area contributed by atoms with Gasteiger partial charge in [0.05, 0.1) is 0 Å². The Morgan fingerprint density at radius 3 is 2.27 bits per heavy atom. The molecule has 0 fully saturated rings. The van der Waals surface area contributed by atoms with Crippen LogP contribution in [0.5, 0.6) is 0 Å². The first-order chi connectivity index (χ1) is 5.20. The minimum Gasteiger partial charge on any atom is -0.122 e. The number of hydrogen-bond donors (Lipinski definition) is 0. The van der Waals surface area contributed by atoms with E-state index in [9.17, 15) is 0 Å². The average molecular weight is 148 g/mol. The van der Waals surface area contributed by atoms with E-state index in [-0.39, 0.29) is 0 Å².